The maximum atomic E-state index is 13.2. The molecule has 3 aromatic rings. The largest absolute Gasteiger partial charge is 0.354 e. The predicted molar refractivity (Wildman–Crippen MR) is 120 cm³/mol. The lowest BCUT2D eigenvalue weighted by molar-refractivity contribution is -0.125. The smallest absolute Gasteiger partial charge is 0.248 e. The van der Waals surface area contributed by atoms with Gasteiger partial charge in [0.1, 0.15) is 11.9 Å². The van der Waals surface area contributed by atoms with Gasteiger partial charge in [-0.3, -0.25) is 14.5 Å². The van der Waals surface area contributed by atoms with E-state index in [1.807, 2.05) is 47.8 Å². The van der Waals surface area contributed by atoms with Crippen molar-refractivity contribution in [2.45, 2.75) is 12.5 Å². The van der Waals surface area contributed by atoms with Gasteiger partial charge in [-0.25, -0.2) is 0 Å². The zero-order chi connectivity index (χ0) is 20.6. The summed E-state index contributed by atoms with van der Waals surface area (Å²) in [6, 6.07) is 19.6. The van der Waals surface area contributed by atoms with Crippen LogP contribution in [0.15, 0.2) is 72.1 Å². The minimum Gasteiger partial charge on any atom is -0.354 e. The molecule has 29 heavy (non-hydrogen) atoms. The molecular formula is C22H20Cl2N2O2S. The molecule has 0 aliphatic carbocycles. The topological polar surface area (TPSA) is 49.4 Å². The number of alkyl halides is 1. The lowest BCUT2D eigenvalue weighted by Crippen LogP contribution is -2.44. The van der Waals surface area contributed by atoms with E-state index in [1.54, 1.807) is 24.3 Å². The number of carbonyl (C=O) groups is 2. The number of thiophene rings is 1. The zero-order valence-electron chi connectivity index (χ0n) is 15.6. The number of hydrogen-bond donors (Lipinski definition) is 1. The number of anilines is 1. The van der Waals surface area contributed by atoms with Crippen molar-refractivity contribution < 1.29 is 9.59 Å². The summed E-state index contributed by atoms with van der Waals surface area (Å²) in [5.74, 6) is -0.843. The molecule has 1 atom stereocenters. The van der Waals surface area contributed by atoms with Crippen LogP contribution in [0.1, 0.15) is 16.5 Å². The van der Waals surface area contributed by atoms with Crippen LogP contribution in [0.3, 0.4) is 0 Å². The van der Waals surface area contributed by atoms with Gasteiger partial charge in [-0.2, -0.15) is 0 Å². The number of nitrogens with zero attached hydrogens (tertiary/aromatic N) is 1. The summed E-state index contributed by atoms with van der Waals surface area (Å²) in [7, 11) is 0. The van der Waals surface area contributed by atoms with Crippen LogP contribution in [0, 0.1) is 0 Å². The molecular weight excluding hydrogens is 427 g/mol. The first-order chi connectivity index (χ1) is 14.1. The molecule has 0 aliphatic heterocycles. The maximum absolute atomic E-state index is 13.2. The Hall–Kier alpha value is -2.34. The van der Waals surface area contributed by atoms with Gasteiger partial charge in [-0.1, -0.05) is 48.0 Å². The van der Waals surface area contributed by atoms with Crippen molar-refractivity contribution in [3.63, 3.8) is 0 Å². The summed E-state index contributed by atoms with van der Waals surface area (Å²) >= 11 is 13.3. The summed E-state index contributed by atoms with van der Waals surface area (Å²) in [4.78, 5) is 28.1. The normalized spacial score (nSPS) is 11.7. The second kappa shape index (κ2) is 10.4. The molecule has 0 aliphatic rings. The Labute approximate surface area is 184 Å². The minimum absolute atomic E-state index is 0.234. The predicted octanol–water partition coefficient (Wildman–Crippen LogP) is 5.07. The molecule has 4 nitrogen and oxygen atoms in total. The number of hydrogen-bond acceptors (Lipinski definition) is 3. The van der Waals surface area contributed by atoms with E-state index in [0.29, 0.717) is 23.7 Å². The molecule has 0 bridgehead atoms. The first-order valence-corrected chi connectivity index (χ1v) is 10.9. The van der Waals surface area contributed by atoms with Crippen LogP contribution in [0.4, 0.5) is 5.69 Å². The Morgan fingerprint density at radius 2 is 1.72 bits per heavy atom. The van der Waals surface area contributed by atoms with Crippen LogP contribution in [0.25, 0.3) is 0 Å². The lowest BCUT2D eigenvalue weighted by Gasteiger charge is -2.30. The van der Waals surface area contributed by atoms with Gasteiger partial charge >= 0.3 is 0 Å². The highest BCUT2D eigenvalue weighted by Crippen LogP contribution is 2.31. The van der Waals surface area contributed by atoms with Crippen molar-refractivity contribution in [1.29, 1.82) is 0 Å². The van der Waals surface area contributed by atoms with Crippen LogP contribution in [-0.2, 0) is 16.0 Å². The second-order valence-corrected chi connectivity index (χ2v) is 8.00. The monoisotopic (exact) mass is 446 g/mol. The third-order valence-electron chi connectivity index (χ3n) is 4.36. The first-order valence-electron chi connectivity index (χ1n) is 9.09. The summed E-state index contributed by atoms with van der Waals surface area (Å²) in [6.45, 7) is 0.467. The number of nitrogens with one attached hydrogen (secondary N) is 1. The minimum atomic E-state index is -0.807. The Morgan fingerprint density at radius 1 is 1.00 bits per heavy atom. The molecule has 0 unspecified atom stereocenters. The number of carbonyl (C=O) groups excluding carboxylic acids is 2. The van der Waals surface area contributed by atoms with Gasteiger partial charge < -0.3 is 5.32 Å². The third kappa shape index (κ3) is 5.60. The highest BCUT2D eigenvalue weighted by atomic mass is 35.5. The molecule has 2 amide bonds. The average Bonchev–Trinajstić information content (AvgIpc) is 3.27. The van der Waals surface area contributed by atoms with Crippen LogP contribution in [-0.4, -0.2) is 24.2 Å². The van der Waals surface area contributed by atoms with Crippen molar-refractivity contribution >= 4 is 52.0 Å². The fourth-order valence-electron chi connectivity index (χ4n) is 3.00. The Kier molecular flexibility index (Phi) is 7.69. The summed E-state index contributed by atoms with van der Waals surface area (Å²) < 4.78 is 0. The first kappa shape index (κ1) is 21.4. The number of rotatable bonds is 8. The molecule has 7 heteroatoms. The van der Waals surface area contributed by atoms with E-state index in [0.717, 1.165) is 10.4 Å². The van der Waals surface area contributed by atoms with Crippen LogP contribution in [0.2, 0.25) is 5.02 Å². The van der Waals surface area contributed by atoms with Gasteiger partial charge in [-0.05, 0) is 47.7 Å². The molecule has 0 fully saturated rings. The van der Waals surface area contributed by atoms with E-state index in [-0.39, 0.29) is 17.7 Å². The molecule has 1 heterocycles. The highest BCUT2D eigenvalue weighted by molar-refractivity contribution is 7.10. The molecule has 0 saturated heterocycles. The van der Waals surface area contributed by atoms with Gasteiger partial charge in [0.15, 0.2) is 0 Å². The van der Waals surface area contributed by atoms with E-state index in [9.17, 15) is 9.59 Å². The van der Waals surface area contributed by atoms with E-state index in [4.69, 9.17) is 23.2 Å². The molecule has 3 rings (SSSR count). The van der Waals surface area contributed by atoms with Gasteiger partial charge in [0.05, 0.1) is 0 Å². The van der Waals surface area contributed by atoms with Crippen molar-refractivity contribution in [2.24, 2.45) is 0 Å². The molecule has 150 valence electrons. The standard InChI is InChI=1S/C22H20Cl2N2O2S/c23-15-20(27)26(18-10-8-17(24)9-11-18)21(19-7-4-14-29-19)22(28)25-13-12-16-5-2-1-3-6-16/h1-11,14,21H,12-13,15H2,(H,25,28)/t21-/m1/s1. The van der Waals surface area contributed by atoms with Gasteiger partial charge in [0, 0.05) is 22.1 Å². The van der Waals surface area contributed by atoms with E-state index in [2.05, 4.69) is 5.32 Å². The van der Waals surface area contributed by atoms with Crippen LogP contribution in [0.5, 0.6) is 0 Å². The Balaban J connectivity index is 1.85. The van der Waals surface area contributed by atoms with Gasteiger partial charge in [0.25, 0.3) is 0 Å². The van der Waals surface area contributed by atoms with Crippen molar-refractivity contribution in [1.82, 2.24) is 5.32 Å². The van der Waals surface area contributed by atoms with Crippen molar-refractivity contribution in [3.8, 4) is 0 Å². The van der Waals surface area contributed by atoms with E-state index in [1.165, 1.54) is 16.2 Å². The van der Waals surface area contributed by atoms with Crippen molar-refractivity contribution in [3.05, 3.63) is 87.6 Å². The Morgan fingerprint density at radius 3 is 2.34 bits per heavy atom. The zero-order valence-corrected chi connectivity index (χ0v) is 17.9. The highest BCUT2D eigenvalue weighted by Gasteiger charge is 2.32. The van der Waals surface area contributed by atoms with Crippen LogP contribution < -0.4 is 10.2 Å². The quantitative estimate of drug-likeness (QED) is 0.490. The number of halogens is 2. The van der Waals surface area contributed by atoms with Gasteiger partial charge in [-0.15, -0.1) is 22.9 Å². The summed E-state index contributed by atoms with van der Waals surface area (Å²) in [5.41, 5.74) is 1.70. The van der Waals surface area contributed by atoms with Crippen LogP contribution >= 0.6 is 34.5 Å². The lowest BCUT2D eigenvalue weighted by atomic mass is 10.1. The van der Waals surface area contributed by atoms with E-state index >= 15 is 0 Å². The molecule has 0 spiro atoms. The number of amides is 2. The van der Waals surface area contributed by atoms with E-state index < -0.39 is 6.04 Å². The third-order valence-corrected chi connectivity index (χ3v) is 5.77. The fourth-order valence-corrected chi connectivity index (χ4v) is 4.06. The average molecular weight is 447 g/mol. The number of benzene rings is 2. The second-order valence-electron chi connectivity index (χ2n) is 6.32. The molecule has 0 radical (unpaired) electrons. The fraction of sp³-hybridized carbons (Fsp3) is 0.182. The van der Waals surface area contributed by atoms with Gasteiger partial charge in [0.2, 0.25) is 11.8 Å². The molecule has 2 aromatic carbocycles. The molecule has 1 N–H and O–H groups in total. The SMILES string of the molecule is O=C(NCCc1ccccc1)[C@@H](c1cccs1)N(C(=O)CCl)c1ccc(Cl)cc1. The summed E-state index contributed by atoms with van der Waals surface area (Å²) in [5, 5.41) is 5.39. The Bertz CT molecular complexity index is 931. The molecule has 1 aromatic heterocycles. The maximum Gasteiger partial charge on any atom is 0.248 e. The van der Waals surface area contributed by atoms with Crippen molar-refractivity contribution in [2.75, 3.05) is 17.3 Å². The summed E-state index contributed by atoms with van der Waals surface area (Å²) in [6.07, 6.45) is 0.703. The molecule has 0 saturated carbocycles.